The molecule has 1 heterocycles. The number of benzene rings is 2. The molecule has 2 aromatic carbocycles. The Balaban J connectivity index is 2.21. The van der Waals surface area contributed by atoms with E-state index in [1.54, 1.807) is 24.3 Å². The van der Waals surface area contributed by atoms with Crippen molar-refractivity contribution in [2.45, 2.75) is 12.8 Å². The second-order valence-electron chi connectivity index (χ2n) is 5.20. The molecule has 0 bridgehead atoms. The average molecular weight is 370 g/mol. The molecule has 136 valence electrons. The van der Waals surface area contributed by atoms with Crippen LogP contribution in [-0.2, 0) is 6.18 Å². The monoisotopic (exact) mass is 370 g/mol. The Bertz CT molecular complexity index is 927. The largest absolute Gasteiger partial charge is 0.497 e. The summed E-state index contributed by atoms with van der Waals surface area (Å²) in [5.41, 5.74) is -0.444. The highest BCUT2D eigenvalue weighted by Crippen LogP contribution is 2.37. The van der Waals surface area contributed by atoms with Crippen molar-refractivity contribution in [3.8, 4) is 22.8 Å². The topological polar surface area (TPSA) is 44.2 Å². The van der Waals surface area contributed by atoms with E-state index >= 15 is 0 Å². The number of methoxy groups -OCH3 is 1. The zero-order valence-electron chi connectivity index (χ0n) is 13.2. The predicted octanol–water partition coefficient (Wildman–Crippen LogP) is 4.93. The number of halogens is 5. The van der Waals surface area contributed by atoms with Crippen molar-refractivity contribution in [1.29, 1.82) is 0 Å². The summed E-state index contributed by atoms with van der Waals surface area (Å²) in [6, 6.07) is 7.99. The second-order valence-corrected chi connectivity index (χ2v) is 5.20. The molecule has 0 unspecified atom stereocenters. The maximum atomic E-state index is 13.2. The zero-order chi connectivity index (χ0) is 18.9. The molecule has 3 rings (SSSR count). The fourth-order valence-corrected chi connectivity index (χ4v) is 2.41. The van der Waals surface area contributed by atoms with Crippen molar-refractivity contribution in [3.05, 3.63) is 48.2 Å². The smallest absolute Gasteiger partial charge is 0.416 e. The molecule has 9 heteroatoms. The van der Waals surface area contributed by atoms with Crippen LogP contribution in [0.4, 0.5) is 22.0 Å². The molecule has 4 nitrogen and oxygen atoms in total. The summed E-state index contributed by atoms with van der Waals surface area (Å²) in [5, 5.41) is 0. The first-order chi connectivity index (χ1) is 12.3. The van der Waals surface area contributed by atoms with Crippen molar-refractivity contribution in [1.82, 2.24) is 9.97 Å². The molecule has 0 spiro atoms. The molecular weight excluding hydrogens is 359 g/mol. The molecule has 0 saturated carbocycles. The highest BCUT2D eigenvalue weighted by molar-refractivity contribution is 5.92. The summed E-state index contributed by atoms with van der Waals surface area (Å²) in [6.07, 6.45) is -3.70. The minimum atomic E-state index is -4.64. The fourth-order valence-electron chi connectivity index (χ4n) is 2.41. The summed E-state index contributed by atoms with van der Waals surface area (Å²) in [5.74, 6) is -0.0313. The summed E-state index contributed by atoms with van der Waals surface area (Å²) < 4.78 is 73.5. The van der Waals surface area contributed by atoms with Gasteiger partial charge in [-0.25, -0.2) is 9.97 Å². The lowest BCUT2D eigenvalue weighted by molar-refractivity contribution is -0.137. The highest BCUT2D eigenvalue weighted by atomic mass is 19.4. The van der Waals surface area contributed by atoms with Gasteiger partial charge in [0.1, 0.15) is 5.75 Å². The first-order valence-electron chi connectivity index (χ1n) is 7.25. The molecule has 3 aromatic rings. The fraction of sp³-hybridized carbons (Fsp3) is 0.176. The third-order valence-electron chi connectivity index (χ3n) is 3.56. The Morgan fingerprint density at radius 1 is 1.04 bits per heavy atom. The minimum Gasteiger partial charge on any atom is -0.497 e. The molecule has 0 N–H and O–H groups in total. The van der Waals surface area contributed by atoms with Gasteiger partial charge in [-0.05, 0) is 29.8 Å². The van der Waals surface area contributed by atoms with Crippen LogP contribution in [0, 0.1) is 0 Å². The lowest BCUT2D eigenvalue weighted by atomic mass is 10.0. The van der Waals surface area contributed by atoms with Crippen LogP contribution >= 0.6 is 0 Å². The van der Waals surface area contributed by atoms with E-state index in [1.165, 1.54) is 7.11 Å². The summed E-state index contributed by atoms with van der Waals surface area (Å²) in [6.45, 7) is -3.16. The van der Waals surface area contributed by atoms with E-state index in [0.717, 1.165) is 18.3 Å². The van der Waals surface area contributed by atoms with Gasteiger partial charge in [0.25, 0.3) is 0 Å². The molecule has 0 atom stereocenters. The number of nitrogens with zero attached hydrogens (tertiary/aromatic N) is 2. The summed E-state index contributed by atoms with van der Waals surface area (Å²) in [7, 11) is 1.46. The van der Waals surface area contributed by atoms with Crippen LogP contribution in [0.2, 0.25) is 0 Å². The van der Waals surface area contributed by atoms with Gasteiger partial charge in [0.15, 0.2) is 0 Å². The van der Waals surface area contributed by atoms with Crippen molar-refractivity contribution in [2.24, 2.45) is 0 Å². The van der Waals surface area contributed by atoms with Crippen LogP contribution in [-0.4, -0.2) is 23.7 Å². The molecule has 0 saturated heterocycles. The molecule has 0 amide bonds. The molecular formula is C17H11F5N2O2. The Kier molecular flexibility index (Phi) is 4.62. The van der Waals surface area contributed by atoms with Gasteiger partial charge in [0.2, 0.25) is 5.88 Å². The van der Waals surface area contributed by atoms with Gasteiger partial charge in [-0.3, -0.25) is 0 Å². The minimum absolute atomic E-state index is 0.129. The van der Waals surface area contributed by atoms with Crippen molar-refractivity contribution in [3.63, 3.8) is 0 Å². The van der Waals surface area contributed by atoms with Crippen molar-refractivity contribution < 1.29 is 31.4 Å². The number of aromatic nitrogens is 2. The van der Waals surface area contributed by atoms with E-state index in [0.29, 0.717) is 11.3 Å². The Hall–Kier alpha value is -2.97. The SMILES string of the molecule is COc1ccc(-c2cc(C(F)(F)F)cc3nc(OC(F)F)cnc23)cc1. The molecule has 0 aliphatic heterocycles. The van der Waals surface area contributed by atoms with E-state index in [1.807, 2.05) is 0 Å². The van der Waals surface area contributed by atoms with E-state index < -0.39 is 24.2 Å². The maximum absolute atomic E-state index is 13.2. The second kappa shape index (κ2) is 6.74. The Morgan fingerprint density at radius 2 is 1.73 bits per heavy atom. The highest BCUT2D eigenvalue weighted by Gasteiger charge is 2.32. The number of ether oxygens (including phenoxy) is 2. The summed E-state index contributed by atoms with van der Waals surface area (Å²) >= 11 is 0. The van der Waals surface area contributed by atoms with Gasteiger partial charge >= 0.3 is 12.8 Å². The Morgan fingerprint density at radius 3 is 2.31 bits per heavy atom. The molecule has 0 aliphatic carbocycles. The van der Waals surface area contributed by atoms with Crippen LogP contribution in [0.25, 0.3) is 22.2 Å². The van der Waals surface area contributed by atoms with Gasteiger partial charge in [0, 0.05) is 5.56 Å². The number of alkyl halides is 5. The van der Waals surface area contributed by atoms with Gasteiger partial charge < -0.3 is 9.47 Å². The van der Waals surface area contributed by atoms with Crippen molar-refractivity contribution >= 4 is 11.0 Å². The van der Waals surface area contributed by atoms with E-state index in [2.05, 4.69) is 14.7 Å². The van der Waals surface area contributed by atoms with Crippen LogP contribution < -0.4 is 9.47 Å². The van der Waals surface area contributed by atoms with Crippen LogP contribution in [0.15, 0.2) is 42.6 Å². The molecule has 1 aromatic heterocycles. The average Bonchev–Trinajstić information content (AvgIpc) is 2.59. The third kappa shape index (κ3) is 3.66. The number of hydrogen-bond donors (Lipinski definition) is 0. The molecule has 0 aliphatic rings. The molecule has 26 heavy (non-hydrogen) atoms. The number of rotatable bonds is 4. The first-order valence-corrected chi connectivity index (χ1v) is 7.25. The standard InChI is InChI=1S/C17H11F5N2O2/c1-25-11-4-2-9(3-5-11)12-6-10(17(20,21)22)7-13-15(12)23-8-14(24-13)26-16(18)19/h2-8,16H,1H3. The first kappa shape index (κ1) is 17.8. The van der Waals surface area contributed by atoms with E-state index in [9.17, 15) is 22.0 Å². The lowest BCUT2D eigenvalue weighted by Crippen LogP contribution is -2.07. The van der Waals surface area contributed by atoms with Crippen LogP contribution in [0.5, 0.6) is 11.6 Å². The van der Waals surface area contributed by atoms with E-state index in [4.69, 9.17) is 4.74 Å². The molecule has 0 fully saturated rings. The predicted molar refractivity (Wildman–Crippen MR) is 83.2 cm³/mol. The number of hydrogen-bond acceptors (Lipinski definition) is 4. The maximum Gasteiger partial charge on any atom is 0.416 e. The van der Waals surface area contributed by atoms with Gasteiger partial charge in [-0.15, -0.1) is 0 Å². The van der Waals surface area contributed by atoms with Crippen LogP contribution in [0.1, 0.15) is 5.56 Å². The van der Waals surface area contributed by atoms with Gasteiger partial charge in [-0.2, -0.15) is 22.0 Å². The lowest BCUT2D eigenvalue weighted by Gasteiger charge is -2.13. The van der Waals surface area contributed by atoms with Crippen LogP contribution in [0.3, 0.4) is 0 Å². The quantitative estimate of drug-likeness (QED) is 0.611. The van der Waals surface area contributed by atoms with Crippen molar-refractivity contribution in [2.75, 3.05) is 7.11 Å². The van der Waals surface area contributed by atoms with E-state index in [-0.39, 0.29) is 16.6 Å². The Labute approximate surface area is 144 Å². The molecule has 0 radical (unpaired) electrons. The number of fused-ring (bicyclic) bond motifs is 1. The van der Waals surface area contributed by atoms with Gasteiger partial charge in [0.05, 0.1) is 29.9 Å². The summed E-state index contributed by atoms with van der Waals surface area (Å²) in [4.78, 5) is 7.68. The zero-order valence-corrected chi connectivity index (χ0v) is 13.2. The third-order valence-corrected chi connectivity index (χ3v) is 3.56. The normalized spacial score (nSPS) is 11.8. The van der Waals surface area contributed by atoms with Gasteiger partial charge in [-0.1, -0.05) is 12.1 Å².